The lowest BCUT2D eigenvalue weighted by atomic mass is 9.63. The van der Waals surface area contributed by atoms with Gasteiger partial charge in [-0.05, 0) is 72.8 Å². The van der Waals surface area contributed by atoms with Gasteiger partial charge in [-0.1, -0.05) is 76.1 Å². The van der Waals surface area contributed by atoms with E-state index in [9.17, 15) is 8.78 Å². The summed E-state index contributed by atoms with van der Waals surface area (Å²) in [6, 6.07) is 8.89. The van der Waals surface area contributed by atoms with Crippen molar-refractivity contribution in [2.45, 2.75) is 89.9 Å². The van der Waals surface area contributed by atoms with E-state index in [-0.39, 0.29) is 0 Å². The molecule has 2 aromatic rings. The fourth-order valence-electron chi connectivity index (χ4n) is 6.13. The molecule has 2 fully saturated rings. The lowest BCUT2D eigenvalue weighted by molar-refractivity contribution is 0.113. The molecule has 0 aromatic heterocycles. The molecule has 0 aliphatic heterocycles. The Morgan fingerprint density at radius 3 is 2.48 bits per heavy atom. The zero-order valence-corrected chi connectivity index (χ0v) is 17.9. The molecule has 0 radical (unpaired) electrons. The van der Waals surface area contributed by atoms with E-state index in [1.54, 1.807) is 12.1 Å². The maximum atomic E-state index is 14.0. The Bertz CT molecular complexity index is 812. The van der Waals surface area contributed by atoms with Crippen LogP contribution in [0.25, 0.3) is 10.8 Å². The van der Waals surface area contributed by atoms with Crippen LogP contribution >= 0.6 is 0 Å². The highest BCUT2D eigenvalue weighted by Crippen LogP contribution is 2.48. The second-order valence-electron chi connectivity index (χ2n) is 9.75. The van der Waals surface area contributed by atoms with Crippen molar-refractivity contribution in [3.63, 3.8) is 0 Å². The van der Waals surface area contributed by atoms with Crippen molar-refractivity contribution in [3.8, 4) is 0 Å². The number of fused-ring (bicyclic) bond motifs is 2. The van der Waals surface area contributed by atoms with Crippen molar-refractivity contribution in [1.29, 1.82) is 0 Å². The van der Waals surface area contributed by atoms with E-state index in [1.165, 1.54) is 88.7 Å². The van der Waals surface area contributed by atoms with Gasteiger partial charge in [0.15, 0.2) is 11.6 Å². The molecule has 0 saturated heterocycles. The zero-order chi connectivity index (χ0) is 20.2. The third kappa shape index (κ3) is 4.84. The van der Waals surface area contributed by atoms with Gasteiger partial charge in [0.2, 0.25) is 0 Å². The summed E-state index contributed by atoms with van der Waals surface area (Å²) in [6.45, 7) is 2.29. The van der Waals surface area contributed by atoms with Crippen LogP contribution in [0.5, 0.6) is 0 Å². The molecule has 4 unspecified atom stereocenters. The van der Waals surface area contributed by atoms with Crippen molar-refractivity contribution in [2.75, 3.05) is 0 Å². The zero-order valence-electron chi connectivity index (χ0n) is 17.9. The summed E-state index contributed by atoms with van der Waals surface area (Å²) < 4.78 is 27.5. The average Bonchev–Trinajstić information content (AvgIpc) is 2.75. The number of rotatable bonds is 7. The van der Waals surface area contributed by atoms with E-state index in [1.807, 2.05) is 6.07 Å². The minimum Gasteiger partial charge on any atom is -0.204 e. The van der Waals surface area contributed by atoms with E-state index < -0.39 is 11.6 Å². The third-order valence-electron chi connectivity index (χ3n) is 7.84. The molecular weight excluding hydrogens is 362 g/mol. The number of hydrogen-bond donors (Lipinski definition) is 0. The molecule has 158 valence electrons. The first kappa shape index (κ1) is 20.8. The highest BCUT2D eigenvalue weighted by molar-refractivity contribution is 5.84. The molecule has 0 spiro atoms. The maximum absolute atomic E-state index is 14.0. The van der Waals surface area contributed by atoms with Crippen LogP contribution in [0.3, 0.4) is 0 Å². The highest BCUT2D eigenvalue weighted by Gasteiger charge is 2.35. The lowest BCUT2D eigenvalue weighted by Gasteiger charge is -2.42. The maximum Gasteiger partial charge on any atom is 0.166 e. The molecule has 29 heavy (non-hydrogen) atoms. The van der Waals surface area contributed by atoms with Crippen LogP contribution in [0.4, 0.5) is 8.78 Å². The summed E-state index contributed by atoms with van der Waals surface area (Å²) in [5, 5.41) is 1.23. The smallest absolute Gasteiger partial charge is 0.166 e. The second-order valence-corrected chi connectivity index (χ2v) is 9.75. The van der Waals surface area contributed by atoms with Gasteiger partial charge in [-0.3, -0.25) is 0 Å². The third-order valence-corrected chi connectivity index (χ3v) is 7.84. The number of hydrogen-bond acceptors (Lipinski definition) is 0. The number of unbranched alkanes of at least 4 members (excludes halogenated alkanes) is 4. The van der Waals surface area contributed by atoms with E-state index in [0.29, 0.717) is 11.3 Å². The molecule has 0 heterocycles. The van der Waals surface area contributed by atoms with Gasteiger partial charge >= 0.3 is 0 Å². The fourth-order valence-corrected chi connectivity index (χ4v) is 6.13. The van der Waals surface area contributed by atoms with Gasteiger partial charge in [0.05, 0.1) is 0 Å². The van der Waals surface area contributed by atoms with Gasteiger partial charge in [0.1, 0.15) is 0 Å². The molecule has 2 aliphatic rings. The van der Waals surface area contributed by atoms with E-state index in [4.69, 9.17) is 0 Å². The largest absolute Gasteiger partial charge is 0.204 e. The van der Waals surface area contributed by atoms with Gasteiger partial charge in [0, 0.05) is 5.39 Å². The Labute approximate surface area is 175 Å². The molecule has 0 N–H and O–H groups in total. The Kier molecular flexibility index (Phi) is 6.88. The SMILES string of the molecule is CCCCCCCC1CCC2CC(c3ccc4c(F)c(F)ccc4c3)CCC2C1. The highest BCUT2D eigenvalue weighted by atomic mass is 19.2. The predicted octanol–water partition coefficient (Wildman–Crippen LogP) is 8.78. The van der Waals surface area contributed by atoms with Crippen molar-refractivity contribution < 1.29 is 8.78 Å². The summed E-state index contributed by atoms with van der Waals surface area (Å²) in [6.07, 6.45) is 16.6. The van der Waals surface area contributed by atoms with E-state index >= 15 is 0 Å². The minimum atomic E-state index is -0.757. The van der Waals surface area contributed by atoms with Crippen LogP contribution in [0.1, 0.15) is 95.5 Å². The molecule has 4 rings (SSSR count). The predicted molar refractivity (Wildman–Crippen MR) is 118 cm³/mol. The van der Waals surface area contributed by atoms with Crippen LogP contribution in [0.2, 0.25) is 0 Å². The van der Waals surface area contributed by atoms with Crippen molar-refractivity contribution in [1.82, 2.24) is 0 Å². The van der Waals surface area contributed by atoms with Crippen LogP contribution < -0.4 is 0 Å². The van der Waals surface area contributed by atoms with Crippen molar-refractivity contribution in [2.24, 2.45) is 17.8 Å². The quantitative estimate of drug-likeness (QED) is 0.409. The number of benzene rings is 2. The first-order chi connectivity index (χ1) is 14.2. The van der Waals surface area contributed by atoms with Gasteiger partial charge in [-0.2, -0.15) is 0 Å². The minimum absolute atomic E-state index is 0.405. The molecule has 2 aromatic carbocycles. The fraction of sp³-hybridized carbons (Fsp3) is 0.630. The standard InChI is InChI=1S/C27H36F2/c1-2-3-4-5-6-7-19-8-9-21-17-22(11-10-20(21)16-19)23-12-14-25-24(18-23)13-15-26(28)27(25)29/h12-15,18-22H,2-11,16-17H2,1H3. The monoisotopic (exact) mass is 398 g/mol. The first-order valence-corrected chi connectivity index (χ1v) is 12.0. The van der Waals surface area contributed by atoms with Crippen LogP contribution in [0, 0.1) is 29.4 Å². The van der Waals surface area contributed by atoms with Crippen LogP contribution in [-0.4, -0.2) is 0 Å². The summed E-state index contributed by atoms with van der Waals surface area (Å²) in [5.41, 5.74) is 1.32. The van der Waals surface area contributed by atoms with Gasteiger partial charge in [-0.15, -0.1) is 0 Å². The average molecular weight is 399 g/mol. The molecule has 2 heteroatoms. The first-order valence-electron chi connectivity index (χ1n) is 12.0. The molecule has 2 aliphatic carbocycles. The molecule has 2 saturated carbocycles. The summed E-state index contributed by atoms with van der Waals surface area (Å²) in [5.74, 6) is 1.87. The number of halogens is 2. The van der Waals surface area contributed by atoms with Crippen molar-refractivity contribution in [3.05, 3.63) is 47.5 Å². The van der Waals surface area contributed by atoms with Gasteiger partial charge in [0.25, 0.3) is 0 Å². The Hall–Kier alpha value is -1.44. The second kappa shape index (κ2) is 9.58. The van der Waals surface area contributed by atoms with Crippen LogP contribution in [0.15, 0.2) is 30.3 Å². The Morgan fingerprint density at radius 1 is 0.828 bits per heavy atom. The Balaban J connectivity index is 1.33. The molecule has 0 amide bonds. The molecule has 0 nitrogen and oxygen atoms in total. The molecule has 4 atom stereocenters. The van der Waals surface area contributed by atoms with Crippen molar-refractivity contribution >= 4 is 10.8 Å². The van der Waals surface area contributed by atoms with E-state index in [2.05, 4.69) is 13.0 Å². The Morgan fingerprint density at radius 2 is 1.62 bits per heavy atom. The summed E-state index contributed by atoms with van der Waals surface area (Å²) in [4.78, 5) is 0. The normalized spacial score (nSPS) is 27.1. The molecular formula is C27H36F2. The van der Waals surface area contributed by atoms with Crippen LogP contribution in [-0.2, 0) is 0 Å². The van der Waals surface area contributed by atoms with E-state index in [0.717, 1.165) is 23.1 Å². The topological polar surface area (TPSA) is 0 Å². The molecule has 0 bridgehead atoms. The van der Waals surface area contributed by atoms with Gasteiger partial charge in [-0.25, -0.2) is 8.78 Å². The lowest BCUT2D eigenvalue weighted by Crippen LogP contribution is -2.30. The van der Waals surface area contributed by atoms with Gasteiger partial charge < -0.3 is 0 Å². The summed E-state index contributed by atoms with van der Waals surface area (Å²) in [7, 11) is 0. The summed E-state index contributed by atoms with van der Waals surface area (Å²) >= 11 is 0.